The van der Waals surface area contributed by atoms with E-state index in [-0.39, 0.29) is 64.8 Å². The Labute approximate surface area is 318 Å². The third-order valence-electron chi connectivity index (χ3n) is 7.36. The maximum absolute atomic E-state index is 13.5. The van der Waals surface area contributed by atoms with Gasteiger partial charge in [0.05, 0.1) is 32.7 Å². The van der Waals surface area contributed by atoms with Gasteiger partial charge in [0, 0.05) is 65.4 Å². The van der Waals surface area contributed by atoms with Gasteiger partial charge in [-0.15, -0.1) is 0 Å². The number of alkyl carbamates (subject to hydrolysis) is 2. The molecular formula is C34H64N8O12. The molecule has 0 aliphatic rings. The maximum Gasteiger partial charge on any atom is 0.407 e. The minimum absolute atomic E-state index is 0.00969. The summed E-state index contributed by atoms with van der Waals surface area (Å²) in [7, 11) is 0. The summed E-state index contributed by atoms with van der Waals surface area (Å²) in [6, 6.07) is 0. The zero-order valence-corrected chi connectivity index (χ0v) is 33.3. The van der Waals surface area contributed by atoms with Gasteiger partial charge in [0.15, 0.2) is 0 Å². The standard InChI is InChI=1S/C34H64N8O12/c1-9-38(10-2)14-11-35-26(43)21-40(24-29(47)48)19-17-39(23-28(45)46)18-20-41(25-30(49)50)22-27(44)42(15-12-36-31(51)53-33(3,4)5)16-13-37-32(52)54-34(6,7)8/h9-25H2,1-8H3,(H,35,43)(H,36,51)(H,37,52)(H,45,46)(H,47,48)(H,49,50). The number of nitrogens with one attached hydrogen (secondary N) is 3. The lowest BCUT2D eigenvalue weighted by Crippen LogP contribution is -2.49. The number of hydrogen-bond acceptors (Lipinski definition) is 13. The number of carboxylic acid groups (broad SMARTS) is 3. The molecule has 0 aromatic rings. The monoisotopic (exact) mass is 776 g/mol. The molecule has 0 aromatic carbocycles. The number of nitrogens with zero attached hydrogens (tertiary/aromatic N) is 5. The van der Waals surface area contributed by atoms with Crippen molar-refractivity contribution in [1.29, 1.82) is 0 Å². The van der Waals surface area contributed by atoms with Crippen LogP contribution >= 0.6 is 0 Å². The molecule has 0 fully saturated rings. The van der Waals surface area contributed by atoms with Crippen molar-refractivity contribution in [2.24, 2.45) is 0 Å². The van der Waals surface area contributed by atoms with Gasteiger partial charge in [-0.3, -0.25) is 38.7 Å². The van der Waals surface area contributed by atoms with Gasteiger partial charge < -0.3 is 50.5 Å². The number of amides is 4. The molecule has 312 valence electrons. The van der Waals surface area contributed by atoms with Crippen molar-refractivity contribution in [3.63, 3.8) is 0 Å². The van der Waals surface area contributed by atoms with Crippen LogP contribution in [0.25, 0.3) is 0 Å². The van der Waals surface area contributed by atoms with Gasteiger partial charge in [-0.05, 0) is 54.6 Å². The summed E-state index contributed by atoms with van der Waals surface area (Å²) >= 11 is 0. The SMILES string of the molecule is CCN(CC)CCNC(=O)CN(CCN(CCN(CC(=O)O)CC(=O)N(CCNC(=O)OC(C)(C)C)CCNC(=O)OC(C)(C)C)CC(=O)O)CC(=O)O. The molecule has 0 heterocycles. The number of ether oxygens (including phenoxy) is 2. The summed E-state index contributed by atoms with van der Waals surface area (Å²) in [5.41, 5.74) is -1.51. The highest BCUT2D eigenvalue weighted by Crippen LogP contribution is 2.07. The molecule has 0 atom stereocenters. The van der Waals surface area contributed by atoms with E-state index in [1.54, 1.807) is 41.5 Å². The first-order valence-electron chi connectivity index (χ1n) is 18.1. The van der Waals surface area contributed by atoms with E-state index >= 15 is 0 Å². The number of carbonyl (C=O) groups excluding carboxylic acids is 4. The van der Waals surface area contributed by atoms with Gasteiger partial charge in [0.1, 0.15) is 11.2 Å². The zero-order valence-electron chi connectivity index (χ0n) is 33.3. The van der Waals surface area contributed by atoms with Crippen molar-refractivity contribution in [3.05, 3.63) is 0 Å². The van der Waals surface area contributed by atoms with Crippen LogP contribution in [0.4, 0.5) is 9.59 Å². The minimum atomic E-state index is -1.24. The van der Waals surface area contributed by atoms with Crippen LogP contribution in [-0.4, -0.2) is 204 Å². The molecule has 0 saturated heterocycles. The second-order valence-corrected chi connectivity index (χ2v) is 14.5. The molecule has 0 radical (unpaired) electrons. The Morgan fingerprint density at radius 2 is 0.852 bits per heavy atom. The smallest absolute Gasteiger partial charge is 0.407 e. The fourth-order valence-corrected chi connectivity index (χ4v) is 4.86. The zero-order chi connectivity index (χ0) is 41.5. The fourth-order valence-electron chi connectivity index (χ4n) is 4.86. The average molecular weight is 777 g/mol. The molecule has 0 saturated carbocycles. The molecule has 6 N–H and O–H groups in total. The molecule has 20 heteroatoms. The summed E-state index contributed by atoms with van der Waals surface area (Å²) < 4.78 is 10.5. The summed E-state index contributed by atoms with van der Waals surface area (Å²) in [5.74, 6) is -4.51. The molecule has 0 unspecified atom stereocenters. The number of aliphatic carboxylic acids is 3. The Balaban J connectivity index is 5.69. The van der Waals surface area contributed by atoms with Gasteiger partial charge in [-0.1, -0.05) is 13.8 Å². The van der Waals surface area contributed by atoms with E-state index in [2.05, 4.69) is 20.9 Å². The lowest BCUT2D eigenvalue weighted by Gasteiger charge is -2.30. The molecule has 0 rings (SSSR count). The molecule has 20 nitrogen and oxygen atoms in total. The summed E-state index contributed by atoms with van der Waals surface area (Å²) in [4.78, 5) is 93.1. The third kappa shape index (κ3) is 27.4. The quantitative estimate of drug-likeness (QED) is 0.0614. The Kier molecular flexibility index (Phi) is 23.7. The molecule has 0 spiro atoms. The topological polar surface area (TPSA) is 251 Å². The first-order valence-corrected chi connectivity index (χ1v) is 18.1. The predicted octanol–water partition coefficient (Wildman–Crippen LogP) is -0.518. The lowest BCUT2D eigenvalue weighted by molar-refractivity contribution is -0.141. The van der Waals surface area contributed by atoms with E-state index in [0.29, 0.717) is 13.1 Å². The van der Waals surface area contributed by atoms with Crippen molar-refractivity contribution < 1.29 is 58.4 Å². The van der Waals surface area contributed by atoms with Crippen LogP contribution in [0.5, 0.6) is 0 Å². The van der Waals surface area contributed by atoms with Crippen molar-refractivity contribution >= 4 is 41.9 Å². The summed E-state index contributed by atoms with van der Waals surface area (Å²) in [5, 5.41) is 36.5. The van der Waals surface area contributed by atoms with Crippen LogP contribution in [0.15, 0.2) is 0 Å². The van der Waals surface area contributed by atoms with E-state index < -0.39 is 73.4 Å². The first-order chi connectivity index (χ1) is 25.0. The van der Waals surface area contributed by atoms with E-state index in [4.69, 9.17) is 9.47 Å². The predicted molar refractivity (Wildman–Crippen MR) is 198 cm³/mol. The highest BCUT2D eigenvalue weighted by Gasteiger charge is 2.23. The Bertz CT molecular complexity index is 1170. The maximum atomic E-state index is 13.5. The van der Waals surface area contributed by atoms with Gasteiger partial charge >= 0.3 is 30.1 Å². The van der Waals surface area contributed by atoms with Gasteiger partial charge in [-0.25, -0.2) is 9.59 Å². The first kappa shape index (κ1) is 49.7. The normalized spacial score (nSPS) is 11.8. The van der Waals surface area contributed by atoms with Gasteiger partial charge in [0.2, 0.25) is 11.8 Å². The molecule has 0 bridgehead atoms. The number of hydrogen-bond donors (Lipinski definition) is 6. The van der Waals surface area contributed by atoms with Crippen molar-refractivity contribution in [3.8, 4) is 0 Å². The Morgan fingerprint density at radius 1 is 0.481 bits per heavy atom. The van der Waals surface area contributed by atoms with Crippen molar-refractivity contribution in [1.82, 2.24) is 40.4 Å². The highest BCUT2D eigenvalue weighted by atomic mass is 16.6. The van der Waals surface area contributed by atoms with Gasteiger partial charge in [-0.2, -0.15) is 0 Å². The van der Waals surface area contributed by atoms with E-state index in [0.717, 1.165) is 13.1 Å². The van der Waals surface area contributed by atoms with Crippen LogP contribution in [-0.2, 0) is 33.4 Å². The highest BCUT2D eigenvalue weighted by molar-refractivity contribution is 5.80. The molecule has 0 aliphatic heterocycles. The van der Waals surface area contributed by atoms with Crippen LogP contribution in [0.3, 0.4) is 0 Å². The minimum Gasteiger partial charge on any atom is -0.480 e. The largest absolute Gasteiger partial charge is 0.480 e. The number of carbonyl (C=O) groups is 7. The lowest BCUT2D eigenvalue weighted by atomic mass is 10.2. The summed E-state index contributed by atoms with van der Waals surface area (Å²) in [6.07, 6.45) is -1.41. The molecular weight excluding hydrogens is 712 g/mol. The molecule has 4 amide bonds. The average Bonchev–Trinajstić information content (AvgIpc) is 3.00. The number of likely N-dealkylation sites (N-methyl/N-ethyl adjacent to an activating group) is 1. The van der Waals surface area contributed by atoms with Crippen LogP contribution < -0.4 is 16.0 Å². The molecule has 0 aliphatic carbocycles. The van der Waals surface area contributed by atoms with E-state index in [9.17, 15) is 48.9 Å². The second-order valence-electron chi connectivity index (χ2n) is 14.5. The van der Waals surface area contributed by atoms with Crippen LogP contribution in [0, 0.1) is 0 Å². The molecule has 0 aromatic heterocycles. The van der Waals surface area contributed by atoms with Gasteiger partial charge in [0.25, 0.3) is 0 Å². The molecule has 54 heavy (non-hydrogen) atoms. The van der Waals surface area contributed by atoms with E-state index in [1.807, 2.05) is 13.8 Å². The second kappa shape index (κ2) is 25.7. The van der Waals surface area contributed by atoms with Crippen molar-refractivity contribution in [2.45, 2.75) is 66.6 Å². The van der Waals surface area contributed by atoms with Crippen LogP contribution in [0.1, 0.15) is 55.4 Å². The Hall–Kier alpha value is -4.27. The summed E-state index contributed by atoms with van der Waals surface area (Å²) in [6.45, 7) is 14.6. The number of carboxylic acids is 3. The number of rotatable bonds is 27. The third-order valence-corrected chi connectivity index (χ3v) is 7.36. The fraction of sp³-hybridized carbons (Fsp3) is 0.794. The van der Waals surface area contributed by atoms with Crippen LogP contribution in [0.2, 0.25) is 0 Å². The van der Waals surface area contributed by atoms with E-state index in [1.165, 1.54) is 19.6 Å². The Morgan fingerprint density at radius 3 is 1.24 bits per heavy atom. The van der Waals surface area contributed by atoms with Crippen molar-refractivity contribution in [2.75, 3.05) is 111 Å².